The molecule has 1 unspecified atom stereocenters. The predicted octanol–water partition coefficient (Wildman–Crippen LogP) is 4.27. The van der Waals surface area contributed by atoms with Crippen LogP contribution in [0.25, 0.3) is 0 Å². The lowest BCUT2D eigenvalue weighted by atomic mass is 10.0. The Bertz CT molecular complexity index is 48.0. The zero-order chi connectivity index (χ0) is 9.11. The van der Waals surface area contributed by atoms with Crippen LogP contribution in [-0.4, -0.2) is 0 Å². The summed E-state index contributed by atoms with van der Waals surface area (Å²) in [6.07, 6.45) is 7.21. The van der Waals surface area contributed by atoms with E-state index in [0.29, 0.717) is 5.92 Å². The molecule has 0 nitrogen and oxygen atoms in total. The van der Waals surface area contributed by atoms with E-state index in [-0.39, 0.29) is 0 Å². The van der Waals surface area contributed by atoms with Gasteiger partial charge in [0.2, 0.25) is 0 Å². The fourth-order valence-electron chi connectivity index (χ4n) is 0.697. The molecule has 0 aliphatic heterocycles. The Labute approximate surface area is 73.4 Å². The van der Waals surface area contributed by atoms with Crippen molar-refractivity contribution in [2.24, 2.45) is 5.92 Å². The molecule has 0 fully saturated rings. The highest BCUT2D eigenvalue weighted by atomic mass is 14.0. The Morgan fingerprint density at radius 2 is 1.73 bits per heavy atom. The van der Waals surface area contributed by atoms with Crippen LogP contribution in [-0.2, 0) is 0 Å². The number of rotatable bonds is 4. The van der Waals surface area contributed by atoms with Gasteiger partial charge < -0.3 is 0 Å². The molecule has 2 radical (unpaired) electrons. The van der Waals surface area contributed by atoms with E-state index in [4.69, 9.17) is 0 Å². The number of unbranched alkanes of at least 4 members (excludes halogenated alkanes) is 1. The van der Waals surface area contributed by atoms with Gasteiger partial charge in [0.1, 0.15) is 0 Å². The van der Waals surface area contributed by atoms with Gasteiger partial charge in [0, 0.05) is 0 Å². The molecule has 0 spiro atoms. The summed E-state index contributed by atoms with van der Waals surface area (Å²) < 4.78 is 0. The molecule has 0 bridgehead atoms. The van der Waals surface area contributed by atoms with Crippen LogP contribution >= 0.6 is 0 Å². The third-order valence-corrected chi connectivity index (χ3v) is 1.54. The summed E-state index contributed by atoms with van der Waals surface area (Å²) in [7, 11) is 0. The summed E-state index contributed by atoms with van der Waals surface area (Å²) in [4.78, 5) is 0. The summed E-state index contributed by atoms with van der Waals surface area (Å²) in [5, 5.41) is 0. The minimum atomic E-state index is 0.704. The molecule has 0 aliphatic carbocycles. The van der Waals surface area contributed by atoms with Gasteiger partial charge in [-0.25, -0.2) is 0 Å². The second-order valence-electron chi connectivity index (χ2n) is 2.99. The summed E-state index contributed by atoms with van der Waals surface area (Å²) >= 11 is 0. The van der Waals surface area contributed by atoms with E-state index in [2.05, 4.69) is 20.8 Å². The Morgan fingerprint density at radius 3 is 2.00 bits per heavy atom. The Kier molecular flexibility index (Phi) is 15.6. The van der Waals surface area contributed by atoms with Crippen LogP contribution < -0.4 is 0 Å². The molecule has 0 aromatic heterocycles. The van der Waals surface area contributed by atoms with Crippen molar-refractivity contribution in [2.75, 3.05) is 0 Å². The van der Waals surface area contributed by atoms with Gasteiger partial charge in [0.05, 0.1) is 0 Å². The highest BCUT2D eigenvalue weighted by Gasteiger charge is 1.94. The van der Waals surface area contributed by atoms with Crippen LogP contribution in [0.4, 0.5) is 0 Å². The van der Waals surface area contributed by atoms with Crippen molar-refractivity contribution >= 4 is 0 Å². The highest BCUT2D eigenvalue weighted by Crippen LogP contribution is 2.09. The van der Waals surface area contributed by atoms with Crippen molar-refractivity contribution < 1.29 is 0 Å². The first-order valence-corrected chi connectivity index (χ1v) is 4.79. The lowest BCUT2D eigenvalue weighted by molar-refractivity contribution is 0.537. The smallest absolute Gasteiger partial charge is 0.0417 e. The quantitative estimate of drug-likeness (QED) is 0.570. The van der Waals surface area contributed by atoms with Crippen molar-refractivity contribution in [1.29, 1.82) is 0 Å². The molecule has 11 heavy (non-hydrogen) atoms. The van der Waals surface area contributed by atoms with Crippen LogP contribution in [0.1, 0.15) is 53.4 Å². The van der Waals surface area contributed by atoms with Crippen molar-refractivity contribution in [3.63, 3.8) is 0 Å². The molecule has 0 aromatic rings. The lowest BCUT2D eigenvalue weighted by Crippen LogP contribution is -1.90. The average Bonchev–Trinajstić information content (AvgIpc) is 2.02. The van der Waals surface area contributed by atoms with Gasteiger partial charge in [-0.05, 0) is 12.3 Å². The monoisotopic (exact) mass is 156 g/mol. The zero-order valence-corrected chi connectivity index (χ0v) is 8.69. The van der Waals surface area contributed by atoms with E-state index < -0.39 is 0 Å². The van der Waals surface area contributed by atoms with Crippen molar-refractivity contribution in [3.8, 4) is 0 Å². The van der Waals surface area contributed by atoms with Crippen molar-refractivity contribution in [2.45, 2.75) is 53.4 Å². The van der Waals surface area contributed by atoms with Crippen molar-refractivity contribution in [1.82, 2.24) is 0 Å². The predicted molar refractivity (Wildman–Crippen MR) is 54.3 cm³/mol. The van der Waals surface area contributed by atoms with Crippen LogP contribution in [0, 0.1) is 19.3 Å². The Balaban J connectivity index is 0. The topological polar surface area (TPSA) is 0 Å². The molecule has 0 amide bonds. The van der Waals surface area contributed by atoms with Crippen LogP contribution in [0.2, 0.25) is 0 Å². The first-order chi connectivity index (χ1) is 5.22. The minimum absolute atomic E-state index is 0.704. The molecule has 0 N–H and O–H groups in total. The molecule has 0 saturated heterocycles. The highest BCUT2D eigenvalue weighted by molar-refractivity contribution is 4.57. The Hall–Kier alpha value is 0. The van der Waals surface area contributed by atoms with Gasteiger partial charge in [-0.15, -0.1) is 0 Å². The zero-order valence-electron chi connectivity index (χ0n) is 8.69. The first kappa shape index (κ1) is 13.6. The molecule has 0 aromatic carbocycles. The number of hydrogen-bond acceptors (Lipinski definition) is 0. The van der Waals surface area contributed by atoms with Gasteiger partial charge in [-0.3, -0.25) is 0 Å². The second-order valence-corrected chi connectivity index (χ2v) is 2.99. The molecule has 68 valence electrons. The summed E-state index contributed by atoms with van der Waals surface area (Å²) in [5.41, 5.74) is 0. The maximum absolute atomic E-state index is 3.99. The molecule has 0 rings (SSSR count). The fourth-order valence-corrected chi connectivity index (χ4v) is 0.697. The third-order valence-electron chi connectivity index (χ3n) is 1.54. The van der Waals surface area contributed by atoms with E-state index in [1.54, 1.807) is 0 Å². The van der Waals surface area contributed by atoms with Gasteiger partial charge in [0.25, 0.3) is 0 Å². The summed E-state index contributed by atoms with van der Waals surface area (Å²) in [6, 6.07) is 0. The largest absolute Gasteiger partial charge is 0.0654 e. The molecule has 0 saturated carbocycles. The van der Waals surface area contributed by atoms with E-state index in [1.165, 1.54) is 25.7 Å². The van der Waals surface area contributed by atoms with Crippen LogP contribution in [0.5, 0.6) is 0 Å². The maximum Gasteiger partial charge on any atom is -0.0417 e. The van der Waals surface area contributed by atoms with Gasteiger partial charge >= 0.3 is 0 Å². The second kappa shape index (κ2) is 12.7. The Morgan fingerprint density at radius 1 is 1.27 bits per heavy atom. The molecule has 1 atom stereocenters. The average molecular weight is 156 g/mol. The van der Waals surface area contributed by atoms with E-state index in [0.717, 1.165) is 0 Å². The van der Waals surface area contributed by atoms with Gasteiger partial charge in [0.15, 0.2) is 0 Å². The lowest BCUT2D eigenvalue weighted by Gasteiger charge is -2.04. The normalized spacial score (nSPS) is 11.7. The maximum atomic E-state index is 3.99. The van der Waals surface area contributed by atoms with E-state index in [9.17, 15) is 0 Å². The summed E-state index contributed by atoms with van der Waals surface area (Å²) in [6.45, 7) is 12.4. The number of hydrogen-bond donors (Lipinski definition) is 0. The SMILES string of the molecule is C[CH]C.[CH2]C(CC)CCCC. The first-order valence-electron chi connectivity index (χ1n) is 4.79. The molecule has 0 aliphatic rings. The fraction of sp³-hybridized carbons (Fsp3) is 0.818. The van der Waals surface area contributed by atoms with Crippen LogP contribution in [0.15, 0.2) is 0 Å². The third kappa shape index (κ3) is 17.8. The van der Waals surface area contributed by atoms with Crippen LogP contribution in [0.3, 0.4) is 0 Å². The van der Waals surface area contributed by atoms with E-state index in [1.807, 2.05) is 20.3 Å². The molecular formula is C11H24. The standard InChI is InChI=1S/C8H17.C3H7/c1-4-6-7-8(3)5-2;1-3-2/h8H,3-7H2,1-2H3;3H,1-2H3. The molecular weight excluding hydrogens is 132 g/mol. The summed E-state index contributed by atoms with van der Waals surface area (Å²) in [5.74, 6) is 0.704. The van der Waals surface area contributed by atoms with Gasteiger partial charge in [-0.1, -0.05) is 60.3 Å². The molecule has 0 heteroatoms. The van der Waals surface area contributed by atoms with Crippen molar-refractivity contribution in [3.05, 3.63) is 13.3 Å². The van der Waals surface area contributed by atoms with E-state index >= 15 is 0 Å². The van der Waals surface area contributed by atoms with Gasteiger partial charge in [-0.2, -0.15) is 0 Å². The molecule has 0 heterocycles. The minimum Gasteiger partial charge on any atom is -0.0654 e.